The SMILES string of the molecule is CC(C)C1CN(CCN2CCOCC2)CCCN1. The quantitative estimate of drug-likeness (QED) is 0.798. The van der Waals surface area contributed by atoms with E-state index in [1.54, 1.807) is 0 Å². The van der Waals surface area contributed by atoms with Crippen LogP contribution in [-0.2, 0) is 4.74 Å². The molecule has 0 bridgehead atoms. The third-order valence-corrected chi connectivity index (χ3v) is 4.15. The van der Waals surface area contributed by atoms with Crippen molar-refractivity contribution in [2.24, 2.45) is 5.92 Å². The van der Waals surface area contributed by atoms with Crippen molar-refractivity contribution in [3.63, 3.8) is 0 Å². The molecular weight excluding hydrogens is 226 g/mol. The van der Waals surface area contributed by atoms with Gasteiger partial charge in [-0.15, -0.1) is 0 Å². The molecule has 0 saturated carbocycles. The molecule has 0 aromatic heterocycles. The molecule has 4 nitrogen and oxygen atoms in total. The van der Waals surface area contributed by atoms with E-state index >= 15 is 0 Å². The van der Waals surface area contributed by atoms with E-state index in [1.807, 2.05) is 0 Å². The third-order valence-electron chi connectivity index (χ3n) is 4.15. The van der Waals surface area contributed by atoms with Crippen LogP contribution in [0.1, 0.15) is 20.3 Å². The molecule has 1 N–H and O–H groups in total. The molecule has 18 heavy (non-hydrogen) atoms. The first-order valence-electron chi connectivity index (χ1n) is 7.51. The highest BCUT2D eigenvalue weighted by atomic mass is 16.5. The monoisotopic (exact) mass is 255 g/mol. The summed E-state index contributed by atoms with van der Waals surface area (Å²) in [6.45, 7) is 14.7. The van der Waals surface area contributed by atoms with Gasteiger partial charge in [-0.1, -0.05) is 13.8 Å². The van der Waals surface area contributed by atoms with Crippen LogP contribution in [0.5, 0.6) is 0 Å². The first-order chi connectivity index (χ1) is 8.75. The van der Waals surface area contributed by atoms with Crippen LogP contribution in [-0.4, -0.2) is 74.9 Å². The van der Waals surface area contributed by atoms with Crippen molar-refractivity contribution >= 4 is 0 Å². The summed E-state index contributed by atoms with van der Waals surface area (Å²) >= 11 is 0. The minimum absolute atomic E-state index is 0.664. The maximum absolute atomic E-state index is 5.39. The van der Waals surface area contributed by atoms with Crippen molar-refractivity contribution in [1.82, 2.24) is 15.1 Å². The summed E-state index contributed by atoms with van der Waals surface area (Å²) in [5.74, 6) is 0.731. The van der Waals surface area contributed by atoms with Gasteiger partial charge in [0.15, 0.2) is 0 Å². The lowest BCUT2D eigenvalue weighted by atomic mass is 10.0. The normalized spacial score (nSPS) is 28.5. The Morgan fingerprint density at radius 1 is 1.11 bits per heavy atom. The minimum atomic E-state index is 0.664. The third kappa shape index (κ3) is 4.50. The average molecular weight is 255 g/mol. The molecule has 2 aliphatic heterocycles. The number of hydrogen-bond donors (Lipinski definition) is 1. The zero-order valence-corrected chi connectivity index (χ0v) is 12.0. The molecule has 0 radical (unpaired) electrons. The van der Waals surface area contributed by atoms with E-state index in [9.17, 15) is 0 Å². The van der Waals surface area contributed by atoms with Gasteiger partial charge in [0.05, 0.1) is 13.2 Å². The number of nitrogens with zero attached hydrogens (tertiary/aromatic N) is 2. The van der Waals surface area contributed by atoms with Crippen LogP contribution < -0.4 is 5.32 Å². The van der Waals surface area contributed by atoms with E-state index in [4.69, 9.17) is 4.74 Å². The second kappa shape index (κ2) is 7.43. The average Bonchev–Trinajstić information content (AvgIpc) is 2.63. The number of rotatable bonds is 4. The molecule has 0 aromatic rings. The molecular formula is C14H29N3O. The van der Waals surface area contributed by atoms with Crippen LogP contribution >= 0.6 is 0 Å². The zero-order chi connectivity index (χ0) is 12.8. The first kappa shape index (κ1) is 14.3. The fraction of sp³-hybridized carbons (Fsp3) is 1.00. The standard InChI is InChI=1S/C14H29N3O/c1-13(2)14-12-17(5-3-4-15-14)7-6-16-8-10-18-11-9-16/h13-15H,3-12H2,1-2H3. The van der Waals surface area contributed by atoms with Crippen molar-refractivity contribution < 1.29 is 4.74 Å². The second-order valence-corrected chi connectivity index (χ2v) is 5.91. The van der Waals surface area contributed by atoms with Crippen molar-refractivity contribution in [2.45, 2.75) is 26.3 Å². The van der Waals surface area contributed by atoms with E-state index in [0.717, 1.165) is 32.2 Å². The van der Waals surface area contributed by atoms with E-state index in [1.165, 1.54) is 39.1 Å². The van der Waals surface area contributed by atoms with Crippen LogP contribution in [0, 0.1) is 5.92 Å². The predicted octanol–water partition coefficient (Wildman–Crippen LogP) is 0.639. The summed E-state index contributed by atoms with van der Waals surface area (Å²) in [4.78, 5) is 5.17. The highest BCUT2D eigenvalue weighted by Gasteiger charge is 2.20. The molecule has 2 heterocycles. The molecule has 2 saturated heterocycles. The van der Waals surface area contributed by atoms with Crippen LogP contribution in [0.4, 0.5) is 0 Å². The van der Waals surface area contributed by atoms with Gasteiger partial charge in [0.25, 0.3) is 0 Å². The Hall–Kier alpha value is -0.160. The number of nitrogens with one attached hydrogen (secondary N) is 1. The molecule has 0 aromatic carbocycles. The van der Waals surface area contributed by atoms with Crippen molar-refractivity contribution in [3.05, 3.63) is 0 Å². The fourth-order valence-electron chi connectivity index (χ4n) is 2.78. The van der Waals surface area contributed by atoms with E-state index in [-0.39, 0.29) is 0 Å². The van der Waals surface area contributed by atoms with E-state index < -0.39 is 0 Å². The molecule has 2 aliphatic rings. The molecule has 2 rings (SSSR count). The van der Waals surface area contributed by atoms with Gasteiger partial charge in [-0.25, -0.2) is 0 Å². The smallest absolute Gasteiger partial charge is 0.0594 e. The van der Waals surface area contributed by atoms with Gasteiger partial charge in [0, 0.05) is 38.8 Å². The summed E-state index contributed by atoms with van der Waals surface area (Å²) in [5.41, 5.74) is 0. The van der Waals surface area contributed by atoms with Gasteiger partial charge in [-0.2, -0.15) is 0 Å². The summed E-state index contributed by atoms with van der Waals surface area (Å²) in [7, 11) is 0. The first-order valence-corrected chi connectivity index (χ1v) is 7.51. The molecule has 0 amide bonds. The lowest BCUT2D eigenvalue weighted by Gasteiger charge is -2.31. The molecule has 0 aliphatic carbocycles. The Balaban J connectivity index is 1.72. The summed E-state index contributed by atoms with van der Waals surface area (Å²) in [5, 5.41) is 3.67. The van der Waals surface area contributed by atoms with Gasteiger partial charge >= 0.3 is 0 Å². The summed E-state index contributed by atoms with van der Waals surface area (Å²) in [6.07, 6.45) is 1.28. The van der Waals surface area contributed by atoms with Gasteiger partial charge in [-0.05, 0) is 25.4 Å². The Kier molecular flexibility index (Phi) is 5.89. The molecule has 1 atom stereocenters. The topological polar surface area (TPSA) is 27.7 Å². The van der Waals surface area contributed by atoms with Crippen LogP contribution in [0.2, 0.25) is 0 Å². The minimum Gasteiger partial charge on any atom is -0.379 e. The highest BCUT2D eigenvalue weighted by molar-refractivity contribution is 4.79. The fourth-order valence-corrected chi connectivity index (χ4v) is 2.78. The molecule has 106 valence electrons. The lowest BCUT2D eigenvalue weighted by Crippen LogP contribution is -2.45. The van der Waals surface area contributed by atoms with Gasteiger partial charge in [0.1, 0.15) is 0 Å². The Labute approximate surface area is 112 Å². The van der Waals surface area contributed by atoms with Crippen molar-refractivity contribution in [3.8, 4) is 0 Å². The molecule has 2 fully saturated rings. The number of morpholine rings is 1. The van der Waals surface area contributed by atoms with Crippen LogP contribution in [0.25, 0.3) is 0 Å². The maximum atomic E-state index is 5.39. The van der Waals surface area contributed by atoms with Gasteiger partial charge < -0.3 is 15.0 Å². The largest absolute Gasteiger partial charge is 0.379 e. The highest BCUT2D eigenvalue weighted by Crippen LogP contribution is 2.08. The second-order valence-electron chi connectivity index (χ2n) is 5.91. The van der Waals surface area contributed by atoms with E-state index in [2.05, 4.69) is 29.0 Å². The molecule has 0 spiro atoms. The van der Waals surface area contributed by atoms with Crippen LogP contribution in [0.3, 0.4) is 0 Å². The van der Waals surface area contributed by atoms with Crippen molar-refractivity contribution in [2.75, 3.05) is 59.0 Å². The Bertz CT molecular complexity index is 229. The number of hydrogen-bond acceptors (Lipinski definition) is 4. The van der Waals surface area contributed by atoms with Crippen molar-refractivity contribution in [1.29, 1.82) is 0 Å². The molecule has 4 heteroatoms. The maximum Gasteiger partial charge on any atom is 0.0594 e. The summed E-state index contributed by atoms with van der Waals surface area (Å²) in [6, 6.07) is 0.664. The summed E-state index contributed by atoms with van der Waals surface area (Å²) < 4.78 is 5.39. The molecule has 1 unspecified atom stereocenters. The van der Waals surface area contributed by atoms with Gasteiger partial charge in [-0.3, -0.25) is 4.90 Å². The number of ether oxygens (including phenoxy) is 1. The van der Waals surface area contributed by atoms with Gasteiger partial charge in [0.2, 0.25) is 0 Å². The van der Waals surface area contributed by atoms with E-state index in [0.29, 0.717) is 6.04 Å². The predicted molar refractivity (Wildman–Crippen MR) is 74.9 cm³/mol. The zero-order valence-electron chi connectivity index (χ0n) is 12.0. The Morgan fingerprint density at radius 2 is 1.83 bits per heavy atom. The Morgan fingerprint density at radius 3 is 2.56 bits per heavy atom. The van der Waals surface area contributed by atoms with Crippen LogP contribution in [0.15, 0.2) is 0 Å². The lowest BCUT2D eigenvalue weighted by molar-refractivity contribution is 0.0331.